The predicted octanol–water partition coefficient (Wildman–Crippen LogP) is -1.11. The summed E-state index contributed by atoms with van der Waals surface area (Å²) in [7, 11) is 0. The first-order chi connectivity index (χ1) is 3.27. The third-order valence-corrected chi connectivity index (χ3v) is 0.595. The summed E-state index contributed by atoms with van der Waals surface area (Å²) in [5.41, 5.74) is 5.01. The molecule has 0 bridgehead atoms. The molecule has 8 heavy (non-hydrogen) atoms. The maximum absolute atomic E-state index is 9.70. The van der Waals surface area contributed by atoms with Gasteiger partial charge in [0.05, 0.1) is 0 Å². The molecule has 0 aliphatic carbocycles. The van der Waals surface area contributed by atoms with Gasteiger partial charge in [0.1, 0.15) is 0 Å². The molecular weight excluding hydrogens is 301 g/mol. The molecule has 0 aromatic rings. The van der Waals surface area contributed by atoms with Gasteiger partial charge in [-0.05, 0) is 13.0 Å². The van der Waals surface area contributed by atoms with Crippen molar-refractivity contribution in [3.63, 3.8) is 0 Å². The minimum atomic E-state index is -0.773. The van der Waals surface area contributed by atoms with E-state index in [1.807, 2.05) is 0 Å². The molecule has 4 heteroatoms. The van der Waals surface area contributed by atoms with E-state index in [-0.39, 0.29) is 33.7 Å². The average Bonchev–Trinajstić information content (AvgIpc) is 1.61. The van der Waals surface area contributed by atoms with Crippen molar-refractivity contribution in [1.29, 1.82) is 0 Å². The van der Waals surface area contributed by atoms with Gasteiger partial charge >= 0.3 is 33.3 Å². The van der Waals surface area contributed by atoms with Crippen molar-refractivity contribution in [1.82, 2.24) is 0 Å². The van der Waals surface area contributed by atoms with Crippen LogP contribution in [0.3, 0.4) is 0 Å². The normalized spacial score (nSPS) is 7.62. The molecule has 0 spiro atoms. The second-order valence-corrected chi connectivity index (χ2v) is 1.29. The van der Waals surface area contributed by atoms with Crippen molar-refractivity contribution in [2.24, 2.45) is 5.73 Å². The van der Waals surface area contributed by atoms with Crippen LogP contribution in [0.1, 0.15) is 12.8 Å². The van der Waals surface area contributed by atoms with Gasteiger partial charge in [-0.25, -0.2) is 0 Å². The number of hydrogen-bond donors (Lipinski definition) is 2. The van der Waals surface area contributed by atoms with Crippen LogP contribution in [0.2, 0.25) is 0 Å². The fourth-order valence-electron chi connectivity index (χ4n) is 0.253. The van der Waals surface area contributed by atoms with Crippen molar-refractivity contribution in [3.8, 4) is 0 Å². The van der Waals surface area contributed by atoms with Crippen LogP contribution in [0.25, 0.3) is 0 Å². The molecule has 0 fully saturated rings. The van der Waals surface area contributed by atoms with Crippen molar-refractivity contribution in [3.05, 3.63) is 0 Å². The molecule has 3 nitrogen and oxygen atoms in total. The Balaban J connectivity index is 0. The van der Waals surface area contributed by atoms with Crippen molar-refractivity contribution in [2.75, 3.05) is 6.54 Å². The summed E-state index contributed by atoms with van der Waals surface area (Å²) >= 11 is 0. The van der Waals surface area contributed by atoms with Crippen LogP contribution in [0.15, 0.2) is 0 Å². The molecule has 0 amide bonds. The molecule has 0 unspecified atom stereocenters. The fraction of sp³-hybridized carbons (Fsp3) is 0.750. The molecule has 0 aromatic carbocycles. The standard InChI is InChI=1S/C4H9NO2.Pb.2H/c5-3-1-2-4(6)7;;;/h1-3,5H2,(H,6,7);;;. The zero-order chi connectivity index (χ0) is 5.70. The van der Waals surface area contributed by atoms with Gasteiger partial charge in [-0.1, -0.05) is 0 Å². The van der Waals surface area contributed by atoms with Crippen molar-refractivity contribution < 1.29 is 9.90 Å². The first-order valence-electron chi connectivity index (χ1n) is 2.19. The number of carbonyl (C=O) groups is 1. The van der Waals surface area contributed by atoms with Gasteiger partial charge in [0.25, 0.3) is 0 Å². The van der Waals surface area contributed by atoms with E-state index < -0.39 is 5.97 Å². The van der Waals surface area contributed by atoms with Crippen molar-refractivity contribution >= 4 is 33.3 Å². The minimum absolute atomic E-state index is 0. The summed E-state index contributed by atoms with van der Waals surface area (Å²) in [6, 6.07) is 0. The monoisotopic (exact) mass is 313 g/mol. The zero-order valence-electron chi connectivity index (χ0n) is 4.76. The van der Waals surface area contributed by atoms with E-state index in [9.17, 15) is 4.79 Å². The summed E-state index contributed by atoms with van der Waals surface area (Å²) in [4.78, 5) is 9.70. The molecule has 0 aliphatic rings. The van der Waals surface area contributed by atoms with Gasteiger partial charge in [0, 0.05) is 6.42 Å². The molecule has 2 radical (unpaired) electrons. The third-order valence-electron chi connectivity index (χ3n) is 0.595. The number of carboxylic acid groups (broad SMARTS) is 1. The van der Waals surface area contributed by atoms with E-state index in [1.54, 1.807) is 0 Å². The van der Waals surface area contributed by atoms with Crippen molar-refractivity contribution in [2.45, 2.75) is 12.8 Å². The summed E-state index contributed by atoms with van der Waals surface area (Å²) in [5, 5.41) is 7.99. The summed E-state index contributed by atoms with van der Waals surface area (Å²) in [6.45, 7) is 0.465. The summed E-state index contributed by atoms with van der Waals surface area (Å²) in [6.07, 6.45) is 0.770. The van der Waals surface area contributed by atoms with E-state index >= 15 is 0 Å². The van der Waals surface area contributed by atoms with E-state index in [4.69, 9.17) is 10.8 Å². The van der Waals surface area contributed by atoms with Crippen LogP contribution in [0, 0.1) is 0 Å². The number of hydrogen-bond acceptors (Lipinski definition) is 2. The molecule has 0 heterocycles. The Bertz CT molecular complexity index is 67.1. The van der Waals surface area contributed by atoms with Crippen LogP contribution in [0.4, 0.5) is 0 Å². The predicted molar refractivity (Wildman–Crippen MR) is 34.5 cm³/mol. The molecule has 0 aliphatic heterocycles. The molecule has 0 atom stereocenters. The zero-order valence-corrected chi connectivity index (χ0v) is 10.3. The quantitative estimate of drug-likeness (QED) is 0.650. The van der Waals surface area contributed by atoms with Crippen LogP contribution >= 0.6 is 0 Å². The average molecular weight is 312 g/mol. The number of aliphatic carboxylic acids is 1. The van der Waals surface area contributed by atoms with Crippen LogP contribution in [-0.2, 0) is 4.79 Å². The van der Waals surface area contributed by atoms with E-state index in [0.29, 0.717) is 13.0 Å². The van der Waals surface area contributed by atoms with E-state index in [2.05, 4.69) is 0 Å². The Morgan fingerprint density at radius 1 is 1.62 bits per heavy atom. The summed E-state index contributed by atoms with van der Waals surface area (Å²) in [5.74, 6) is -0.773. The van der Waals surface area contributed by atoms with Gasteiger partial charge in [0.2, 0.25) is 0 Å². The molecule has 3 N–H and O–H groups in total. The molecule has 0 rings (SSSR count). The number of carboxylic acids is 1. The molecule has 0 saturated carbocycles. The van der Waals surface area contributed by atoms with Gasteiger partial charge in [-0.2, -0.15) is 0 Å². The molecule has 0 aromatic heterocycles. The molecule has 48 valence electrons. The summed E-state index contributed by atoms with van der Waals surface area (Å²) < 4.78 is 0. The maximum atomic E-state index is 9.70. The molecular formula is C4H11NO2Pb. The Hall–Kier alpha value is 0.352. The number of nitrogens with two attached hydrogens (primary N) is 1. The van der Waals surface area contributed by atoms with Gasteiger partial charge in [-0.15, -0.1) is 0 Å². The Morgan fingerprint density at radius 3 is 2.25 bits per heavy atom. The molecule has 0 saturated heterocycles. The SMILES string of the molecule is NCCCC(=O)O.[PbH2]. The fourth-order valence-corrected chi connectivity index (χ4v) is 0.253. The Morgan fingerprint density at radius 2 is 2.12 bits per heavy atom. The Kier molecular flexibility index (Phi) is 10.3. The van der Waals surface area contributed by atoms with Crippen LogP contribution < -0.4 is 5.73 Å². The first-order valence-corrected chi connectivity index (χ1v) is 2.19. The van der Waals surface area contributed by atoms with E-state index in [1.165, 1.54) is 0 Å². The van der Waals surface area contributed by atoms with Gasteiger partial charge < -0.3 is 10.8 Å². The first kappa shape index (κ1) is 11.2. The van der Waals surface area contributed by atoms with Crippen LogP contribution in [-0.4, -0.2) is 44.9 Å². The second-order valence-electron chi connectivity index (χ2n) is 1.29. The second kappa shape index (κ2) is 7.35. The van der Waals surface area contributed by atoms with E-state index in [0.717, 1.165) is 0 Å². The van der Waals surface area contributed by atoms with Gasteiger partial charge in [0.15, 0.2) is 0 Å². The third kappa shape index (κ3) is 9.61. The van der Waals surface area contributed by atoms with Crippen LogP contribution in [0.5, 0.6) is 0 Å². The van der Waals surface area contributed by atoms with Gasteiger partial charge in [-0.3, -0.25) is 4.79 Å². The number of rotatable bonds is 3. The topological polar surface area (TPSA) is 63.3 Å². The Labute approximate surface area is 68.4 Å².